The average molecular weight is 198 g/mol. The van der Waals surface area contributed by atoms with Crippen molar-refractivity contribution < 1.29 is 17.7 Å². The van der Waals surface area contributed by atoms with E-state index in [-0.39, 0.29) is 12.8 Å². The van der Waals surface area contributed by atoms with E-state index < -0.39 is 21.0 Å². The summed E-state index contributed by atoms with van der Waals surface area (Å²) < 4.78 is 42.2. The van der Waals surface area contributed by atoms with Crippen LogP contribution in [-0.4, -0.2) is 31.0 Å². The van der Waals surface area contributed by atoms with Gasteiger partial charge in [0.15, 0.2) is 0 Å². The van der Waals surface area contributed by atoms with Crippen LogP contribution in [0.4, 0.5) is 4.39 Å². The first-order valence-corrected chi connectivity index (χ1v) is 6.38. The number of hydrogen-bond acceptors (Lipinski definition) is 1. The van der Waals surface area contributed by atoms with E-state index >= 15 is 0 Å². The van der Waals surface area contributed by atoms with Gasteiger partial charge in [0.05, 0.1) is 14.9 Å². The predicted octanol–water partition coefficient (Wildman–Crippen LogP) is 1.66. The summed E-state index contributed by atoms with van der Waals surface area (Å²) in [7, 11) is -4.43. The van der Waals surface area contributed by atoms with Crippen molar-refractivity contribution in [2.24, 2.45) is 0 Å². The highest BCUT2D eigenvalue weighted by molar-refractivity contribution is 8.10. The highest BCUT2D eigenvalue weighted by Gasteiger charge is 2.37. The third-order valence-electron chi connectivity index (χ3n) is 2.37. The van der Waals surface area contributed by atoms with Crippen LogP contribution in [0.5, 0.6) is 0 Å². The zero-order valence-electron chi connectivity index (χ0n) is 7.07. The Balaban J connectivity index is 2.63. The molecule has 1 fully saturated rings. The molecule has 2 N–H and O–H groups in total. The van der Waals surface area contributed by atoms with Crippen molar-refractivity contribution in [3.63, 3.8) is 0 Å². The lowest BCUT2D eigenvalue weighted by molar-refractivity contribution is 0.241. The van der Waals surface area contributed by atoms with Gasteiger partial charge in [-0.1, -0.05) is 0 Å². The lowest BCUT2D eigenvalue weighted by atomic mass is 9.98. The third kappa shape index (κ3) is 2.50. The molecule has 0 unspecified atom stereocenters. The number of hydrogen-bond donors (Lipinski definition) is 2. The second-order valence-corrected chi connectivity index (χ2v) is 6.96. The first-order valence-electron chi connectivity index (χ1n) is 4.03. The van der Waals surface area contributed by atoms with Crippen molar-refractivity contribution in [2.45, 2.75) is 37.1 Å². The standard InChI is InChI=1S/C7H15FO3S/c1-12(9,10,11)7-4-2-6(8)3-5-7/h6-7H,2-5H2,1H3,(H2,9,10,11). The van der Waals surface area contributed by atoms with Gasteiger partial charge in [0.1, 0.15) is 6.17 Å². The van der Waals surface area contributed by atoms with Gasteiger partial charge in [0.25, 0.3) is 0 Å². The first-order chi connectivity index (χ1) is 5.26. The van der Waals surface area contributed by atoms with Crippen LogP contribution in [0.15, 0.2) is 0 Å². The SMILES string of the molecule is CS(=O)(O)(O)C1CCC(F)CC1. The lowest BCUT2D eigenvalue weighted by Crippen LogP contribution is -2.44. The summed E-state index contributed by atoms with van der Waals surface area (Å²) >= 11 is 0. The topological polar surface area (TPSA) is 57.5 Å². The van der Waals surface area contributed by atoms with Gasteiger partial charge in [0.2, 0.25) is 0 Å². The molecule has 0 amide bonds. The van der Waals surface area contributed by atoms with Crippen LogP contribution in [0.1, 0.15) is 25.7 Å². The van der Waals surface area contributed by atoms with Crippen LogP contribution in [0.3, 0.4) is 0 Å². The van der Waals surface area contributed by atoms with E-state index in [4.69, 9.17) is 0 Å². The highest BCUT2D eigenvalue weighted by atomic mass is 32.3. The van der Waals surface area contributed by atoms with Gasteiger partial charge in [-0.05, 0) is 25.7 Å². The maximum absolute atomic E-state index is 12.6. The highest BCUT2D eigenvalue weighted by Crippen LogP contribution is 2.33. The molecule has 1 rings (SSSR count). The Morgan fingerprint density at radius 1 is 1.25 bits per heavy atom. The van der Waals surface area contributed by atoms with Gasteiger partial charge in [-0.3, -0.25) is 0 Å². The molecule has 0 atom stereocenters. The van der Waals surface area contributed by atoms with Crippen LogP contribution in [-0.2, 0) is 9.63 Å². The van der Waals surface area contributed by atoms with Crippen molar-refractivity contribution >= 4 is 9.63 Å². The summed E-state index contributed by atoms with van der Waals surface area (Å²) in [5.41, 5.74) is 0. The third-order valence-corrected chi connectivity index (χ3v) is 4.38. The fourth-order valence-corrected chi connectivity index (χ4v) is 2.92. The van der Waals surface area contributed by atoms with Crippen LogP contribution < -0.4 is 0 Å². The van der Waals surface area contributed by atoms with Gasteiger partial charge in [-0.2, -0.15) is 0 Å². The minimum atomic E-state index is -4.43. The van der Waals surface area contributed by atoms with Gasteiger partial charge in [0, 0.05) is 6.26 Å². The van der Waals surface area contributed by atoms with E-state index in [2.05, 4.69) is 0 Å². The molecule has 0 aromatic heterocycles. The molecule has 0 saturated heterocycles. The zero-order chi connectivity index (χ0) is 9.43. The quantitative estimate of drug-likeness (QED) is 0.673. The van der Waals surface area contributed by atoms with Crippen molar-refractivity contribution in [1.29, 1.82) is 0 Å². The Labute approximate surface area is 71.4 Å². The van der Waals surface area contributed by atoms with Crippen LogP contribution in [0.2, 0.25) is 0 Å². The van der Waals surface area contributed by atoms with Gasteiger partial charge >= 0.3 is 0 Å². The number of halogens is 1. The van der Waals surface area contributed by atoms with Crippen molar-refractivity contribution in [2.75, 3.05) is 6.26 Å². The summed E-state index contributed by atoms with van der Waals surface area (Å²) in [6.45, 7) is 0. The molecule has 0 aliphatic heterocycles. The van der Waals surface area contributed by atoms with E-state index in [0.717, 1.165) is 6.26 Å². The van der Waals surface area contributed by atoms with Gasteiger partial charge in [-0.25, -0.2) is 8.60 Å². The molecular formula is C7H15FO3S. The molecule has 12 heavy (non-hydrogen) atoms. The average Bonchev–Trinajstić information content (AvgIpc) is 1.84. The molecule has 0 aromatic carbocycles. The van der Waals surface area contributed by atoms with Crippen LogP contribution in [0.25, 0.3) is 0 Å². The summed E-state index contributed by atoms with van der Waals surface area (Å²) in [4.78, 5) is 0. The largest absolute Gasteiger partial charge is 0.308 e. The molecule has 0 bridgehead atoms. The molecule has 3 nitrogen and oxygen atoms in total. The second kappa shape index (κ2) is 2.75. The van der Waals surface area contributed by atoms with E-state index in [1.807, 2.05) is 0 Å². The Hall–Kier alpha value is -0.0000000000000000555. The van der Waals surface area contributed by atoms with E-state index in [1.54, 1.807) is 0 Å². The lowest BCUT2D eigenvalue weighted by Gasteiger charge is -2.37. The Kier molecular flexibility index (Phi) is 2.31. The van der Waals surface area contributed by atoms with E-state index in [0.29, 0.717) is 12.8 Å². The Morgan fingerprint density at radius 3 is 2.00 bits per heavy atom. The molecule has 0 aromatic rings. The van der Waals surface area contributed by atoms with Crippen LogP contribution in [0, 0.1) is 0 Å². The summed E-state index contributed by atoms with van der Waals surface area (Å²) in [5, 5.41) is -0.644. The first kappa shape index (κ1) is 10.1. The second-order valence-electron chi connectivity index (χ2n) is 3.68. The van der Waals surface area contributed by atoms with Gasteiger partial charge in [-0.15, -0.1) is 0 Å². The normalized spacial score (nSPS) is 35.5. The van der Waals surface area contributed by atoms with Crippen LogP contribution >= 0.6 is 0 Å². The molecule has 5 heteroatoms. The van der Waals surface area contributed by atoms with Crippen molar-refractivity contribution in [3.8, 4) is 0 Å². The smallest absolute Gasteiger partial charge is 0.100 e. The maximum atomic E-state index is 12.6. The van der Waals surface area contributed by atoms with E-state index in [9.17, 15) is 17.7 Å². The zero-order valence-corrected chi connectivity index (χ0v) is 7.89. The van der Waals surface area contributed by atoms with Gasteiger partial charge < -0.3 is 9.11 Å². The minimum absolute atomic E-state index is 0.286. The number of alkyl halides is 1. The fraction of sp³-hybridized carbons (Fsp3) is 1.00. The Morgan fingerprint density at radius 2 is 1.67 bits per heavy atom. The molecule has 74 valence electrons. The summed E-state index contributed by atoms with van der Waals surface area (Å²) in [5.74, 6) is 0. The maximum Gasteiger partial charge on any atom is 0.100 e. The summed E-state index contributed by atoms with van der Waals surface area (Å²) in [6.07, 6.45) is 1.25. The van der Waals surface area contributed by atoms with E-state index in [1.165, 1.54) is 0 Å². The molecule has 0 spiro atoms. The van der Waals surface area contributed by atoms with Crippen molar-refractivity contribution in [3.05, 3.63) is 0 Å². The fourth-order valence-electron chi connectivity index (χ4n) is 1.56. The minimum Gasteiger partial charge on any atom is -0.308 e. The molecule has 0 radical (unpaired) electrons. The number of rotatable bonds is 1. The predicted molar refractivity (Wildman–Crippen MR) is 46.5 cm³/mol. The monoisotopic (exact) mass is 198 g/mol. The Bertz CT molecular complexity index is 216. The molecular weight excluding hydrogens is 183 g/mol. The molecule has 0 heterocycles. The molecule has 1 aliphatic carbocycles. The van der Waals surface area contributed by atoms with Crippen molar-refractivity contribution in [1.82, 2.24) is 0 Å². The molecule has 1 aliphatic rings. The molecule has 1 saturated carbocycles. The summed E-state index contributed by atoms with van der Waals surface area (Å²) in [6, 6.07) is 0.